The fourth-order valence-electron chi connectivity index (χ4n) is 1.32. The first-order valence-electron chi connectivity index (χ1n) is 6.31. The van der Waals surface area contributed by atoms with E-state index in [9.17, 15) is 5.11 Å². The van der Waals surface area contributed by atoms with Crippen molar-refractivity contribution in [1.29, 1.82) is 0 Å². The number of methoxy groups -OCH3 is 2. The molecule has 20 heavy (non-hydrogen) atoms. The Morgan fingerprint density at radius 1 is 1.30 bits per heavy atom. The number of tetrazole rings is 1. The van der Waals surface area contributed by atoms with Crippen LogP contribution in [0.2, 0.25) is 0 Å². The summed E-state index contributed by atoms with van der Waals surface area (Å²) < 4.78 is 17.1. The quantitative estimate of drug-likeness (QED) is 0.483. The SMILES string of the molecule is COC(Cn1nnnc1SCC(O)COC(C)C)OC. The fraction of sp³-hybridized carbons (Fsp3) is 0.909. The van der Waals surface area contributed by atoms with Crippen molar-refractivity contribution in [2.45, 2.75) is 44.0 Å². The molecule has 0 fully saturated rings. The summed E-state index contributed by atoms with van der Waals surface area (Å²) in [5.74, 6) is 0.456. The highest BCUT2D eigenvalue weighted by atomic mass is 32.2. The molecule has 0 radical (unpaired) electrons. The predicted octanol–water partition coefficient (Wildman–Crippen LogP) is 0.170. The Balaban J connectivity index is 2.42. The van der Waals surface area contributed by atoms with E-state index >= 15 is 0 Å². The summed E-state index contributed by atoms with van der Waals surface area (Å²) >= 11 is 1.36. The summed E-state index contributed by atoms with van der Waals surface area (Å²) in [6, 6.07) is 0. The number of hydrogen-bond donors (Lipinski definition) is 1. The molecule has 9 heteroatoms. The van der Waals surface area contributed by atoms with E-state index in [4.69, 9.17) is 14.2 Å². The first-order chi connectivity index (χ1) is 9.56. The van der Waals surface area contributed by atoms with Crippen LogP contribution in [-0.2, 0) is 20.8 Å². The lowest BCUT2D eigenvalue weighted by molar-refractivity contribution is -0.113. The molecule has 1 aromatic rings. The normalized spacial score (nSPS) is 13.3. The number of rotatable bonds is 10. The maximum absolute atomic E-state index is 9.79. The van der Waals surface area contributed by atoms with E-state index in [1.165, 1.54) is 11.8 Å². The van der Waals surface area contributed by atoms with Crippen LogP contribution in [0.5, 0.6) is 0 Å². The van der Waals surface area contributed by atoms with Gasteiger partial charge in [-0.25, -0.2) is 4.68 Å². The lowest BCUT2D eigenvalue weighted by Gasteiger charge is -2.14. The molecule has 0 aliphatic carbocycles. The molecule has 0 saturated heterocycles. The highest BCUT2D eigenvalue weighted by Gasteiger charge is 2.15. The Morgan fingerprint density at radius 3 is 2.60 bits per heavy atom. The maximum Gasteiger partial charge on any atom is 0.209 e. The van der Waals surface area contributed by atoms with E-state index in [1.54, 1.807) is 18.9 Å². The van der Waals surface area contributed by atoms with E-state index in [0.29, 0.717) is 24.1 Å². The van der Waals surface area contributed by atoms with E-state index in [-0.39, 0.29) is 6.10 Å². The second kappa shape index (κ2) is 9.24. The second-order valence-corrected chi connectivity index (χ2v) is 5.38. The molecule has 0 aromatic carbocycles. The molecule has 116 valence electrons. The van der Waals surface area contributed by atoms with Crippen molar-refractivity contribution in [3.8, 4) is 0 Å². The lowest BCUT2D eigenvalue weighted by Crippen LogP contribution is -2.23. The molecule has 1 atom stereocenters. The van der Waals surface area contributed by atoms with Gasteiger partial charge in [-0.3, -0.25) is 0 Å². The molecule has 0 aliphatic rings. The minimum absolute atomic E-state index is 0.101. The van der Waals surface area contributed by atoms with Crippen LogP contribution in [-0.4, -0.2) is 70.4 Å². The molecule has 1 rings (SSSR count). The van der Waals surface area contributed by atoms with Gasteiger partial charge in [0, 0.05) is 20.0 Å². The number of aliphatic hydroxyl groups excluding tert-OH is 1. The summed E-state index contributed by atoms with van der Waals surface area (Å²) in [6.45, 7) is 4.54. The Labute approximate surface area is 122 Å². The zero-order valence-electron chi connectivity index (χ0n) is 12.2. The first-order valence-corrected chi connectivity index (χ1v) is 7.29. The lowest BCUT2D eigenvalue weighted by atomic mass is 10.4. The summed E-state index contributed by atoms with van der Waals surface area (Å²) in [5, 5.41) is 21.8. The Kier molecular flexibility index (Phi) is 8.00. The second-order valence-electron chi connectivity index (χ2n) is 4.39. The Bertz CT molecular complexity index is 373. The minimum Gasteiger partial charge on any atom is -0.390 e. The minimum atomic E-state index is -0.562. The molecule has 0 aliphatic heterocycles. The van der Waals surface area contributed by atoms with Gasteiger partial charge in [0.25, 0.3) is 0 Å². The molecule has 0 saturated carbocycles. The van der Waals surface area contributed by atoms with Crippen LogP contribution in [0.25, 0.3) is 0 Å². The predicted molar refractivity (Wildman–Crippen MR) is 73.4 cm³/mol. The highest BCUT2D eigenvalue weighted by Crippen LogP contribution is 2.16. The first kappa shape index (κ1) is 17.3. The van der Waals surface area contributed by atoms with Gasteiger partial charge in [-0.1, -0.05) is 11.8 Å². The van der Waals surface area contributed by atoms with Crippen LogP contribution in [0.3, 0.4) is 0 Å². The smallest absolute Gasteiger partial charge is 0.209 e. The third kappa shape index (κ3) is 6.14. The van der Waals surface area contributed by atoms with Crippen LogP contribution in [0.1, 0.15) is 13.8 Å². The number of aliphatic hydroxyl groups is 1. The van der Waals surface area contributed by atoms with E-state index < -0.39 is 12.4 Å². The summed E-state index contributed by atoms with van der Waals surface area (Å²) in [5.41, 5.74) is 0. The van der Waals surface area contributed by atoms with Gasteiger partial charge in [0.15, 0.2) is 6.29 Å². The van der Waals surface area contributed by atoms with Gasteiger partial charge < -0.3 is 19.3 Å². The van der Waals surface area contributed by atoms with Gasteiger partial charge in [0.05, 0.1) is 25.4 Å². The third-order valence-corrected chi connectivity index (χ3v) is 3.48. The number of ether oxygens (including phenoxy) is 3. The fourth-order valence-corrected chi connectivity index (χ4v) is 2.12. The van der Waals surface area contributed by atoms with Gasteiger partial charge in [-0.15, -0.1) is 5.10 Å². The highest BCUT2D eigenvalue weighted by molar-refractivity contribution is 7.99. The number of nitrogens with zero attached hydrogens (tertiary/aromatic N) is 4. The topological polar surface area (TPSA) is 91.5 Å². The van der Waals surface area contributed by atoms with Crippen molar-refractivity contribution in [2.24, 2.45) is 0 Å². The Morgan fingerprint density at radius 2 is 2.00 bits per heavy atom. The van der Waals surface area contributed by atoms with Gasteiger partial charge in [0.1, 0.15) is 0 Å². The molecule has 0 bridgehead atoms. The molecule has 0 spiro atoms. The summed E-state index contributed by atoms with van der Waals surface area (Å²) in [7, 11) is 3.11. The van der Waals surface area contributed by atoms with Crippen molar-refractivity contribution in [3.63, 3.8) is 0 Å². The summed E-state index contributed by atoms with van der Waals surface area (Å²) in [6.07, 6.45) is -0.871. The molecule has 1 heterocycles. The van der Waals surface area contributed by atoms with Gasteiger partial charge >= 0.3 is 0 Å². The average Bonchev–Trinajstić information content (AvgIpc) is 2.87. The largest absolute Gasteiger partial charge is 0.390 e. The zero-order valence-corrected chi connectivity index (χ0v) is 13.0. The van der Waals surface area contributed by atoms with Gasteiger partial charge in [-0.05, 0) is 24.3 Å². The number of thioether (sulfide) groups is 1. The maximum atomic E-state index is 9.79. The standard InChI is InChI=1S/C11H22N4O4S/c1-8(2)19-6-9(16)7-20-11-12-13-14-15(11)5-10(17-3)18-4/h8-10,16H,5-7H2,1-4H3. The van der Waals surface area contributed by atoms with Crippen molar-refractivity contribution < 1.29 is 19.3 Å². The summed E-state index contributed by atoms with van der Waals surface area (Å²) in [4.78, 5) is 0. The van der Waals surface area contributed by atoms with E-state index in [2.05, 4.69) is 15.5 Å². The molecule has 8 nitrogen and oxygen atoms in total. The van der Waals surface area contributed by atoms with E-state index in [0.717, 1.165) is 0 Å². The molecular formula is C11H22N4O4S. The molecule has 1 aromatic heterocycles. The zero-order chi connectivity index (χ0) is 15.0. The van der Waals surface area contributed by atoms with Gasteiger partial charge in [-0.2, -0.15) is 0 Å². The molecule has 1 N–H and O–H groups in total. The van der Waals surface area contributed by atoms with Crippen LogP contribution in [0, 0.1) is 0 Å². The number of hydrogen-bond acceptors (Lipinski definition) is 8. The number of aromatic nitrogens is 4. The van der Waals surface area contributed by atoms with Crippen molar-refractivity contribution in [3.05, 3.63) is 0 Å². The average molecular weight is 306 g/mol. The monoisotopic (exact) mass is 306 g/mol. The molecule has 1 unspecified atom stereocenters. The van der Waals surface area contributed by atoms with Crippen LogP contribution >= 0.6 is 11.8 Å². The van der Waals surface area contributed by atoms with E-state index in [1.807, 2.05) is 13.8 Å². The van der Waals surface area contributed by atoms with Gasteiger partial charge in [0.2, 0.25) is 5.16 Å². The Hall–Kier alpha value is -0.740. The van der Waals surface area contributed by atoms with Crippen LogP contribution in [0.4, 0.5) is 0 Å². The van der Waals surface area contributed by atoms with Crippen LogP contribution in [0.15, 0.2) is 5.16 Å². The van der Waals surface area contributed by atoms with Crippen molar-refractivity contribution >= 4 is 11.8 Å². The molecule has 0 amide bonds. The van der Waals surface area contributed by atoms with Crippen molar-refractivity contribution in [1.82, 2.24) is 20.2 Å². The van der Waals surface area contributed by atoms with Crippen LogP contribution < -0.4 is 0 Å². The third-order valence-electron chi connectivity index (χ3n) is 2.37. The molecular weight excluding hydrogens is 284 g/mol. The van der Waals surface area contributed by atoms with Crippen molar-refractivity contribution in [2.75, 3.05) is 26.6 Å².